The van der Waals surface area contributed by atoms with Crippen molar-refractivity contribution in [3.8, 4) is 0 Å². The van der Waals surface area contributed by atoms with Gasteiger partial charge in [-0.15, -0.1) is 0 Å². The van der Waals surface area contributed by atoms with E-state index in [0.717, 1.165) is 27.7 Å². The normalized spacial score (nSPS) is 13.1. The van der Waals surface area contributed by atoms with E-state index >= 15 is 0 Å². The molecule has 0 aliphatic rings. The van der Waals surface area contributed by atoms with E-state index in [-0.39, 0.29) is 0 Å². The van der Waals surface area contributed by atoms with Crippen LogP contribution in [-0.2, 0) is 0 Å². The molecule has 0 amide bonds. The second-order valence-electron chi connectivity index (χ2n) is 4.04. The summed E-state index contributed by atoms with van der Waals surface area (Å²) >= 11 is 0. The van der Waals surface area contributed by atoms with Crippen LogP contribution >= 0.6 is 0 Å². The van der Waals surface area contributed by atoms with Gasteiger partial charge in [-0.25, -0.2) is 0 Å². The number of aryl methyl sites for hydroxylation is 2. The molecule has 1 N–H and O–H groups in total. The van der Waals surface area contributed by atoms with Gasteiger partial charge >= 0.3 is 0 Å². The van der Waals surface area contributed by atoms with Crippen molar-refractivity contribution >= 4 is 10.9 Å². The molecule has 78 valence electrons. The number of aromatic nitrogens is 1. The van der Waals surface area contributed by atoms with Crippen molar-refractivity contribution in [3.63, 3.8) is 0 Å². The number of benzene rings is 1. The van der Waals surface area contributed by atoms with Crippen LogP contribution in [0.25, 0.3) is 10.9 Å². The van der Waals surface area contributed by atoms with E-state index in [2.05, 4.69) is 11.1 Å². The van der Waals surface area contributed by atoms with Crippen molar-refractivity contribution in [1.29, 1.82) is 0 Å². The molecule has 15 heavy (non-hydrogen) atoms. The maximum absolute atomic E-state index is 9.54. The summed E-state index contributed by atoms with van der Waals surface area (Å²) in [7, 11) is 0. The first-order valence-electron chi connectivity index (χ1n) is 5.14. The van der Waals surface area contributed by atoms with E-state index in [4.69, 9.17) is 0 Å². The molecule has 0 fully saturated rings. The lowest BCUT2D eigenvalue weighted by Gasteiger charge is -2.09. The number of pyridine rings is 1. The van der Waals surface area contributed by atoms with Crippen LogP contribution in [0.4, 0.5) is 0 Å². The molecule has 0 radical (unpaired) electrons. The molecule has 2 aromatic rings. The summed E-state index contributed by atoms with van der Waals surface area (Å²) in [5.74, 6) is 0. The largest absolute Gasteiger partial charge is 0.389 e. The van der Waals surface area contributed by atoms with Crippen LogP contribution < -0.4 is 0 Å². The number of aliphatic hydroxyl groups is 1. The van der Waals surface area contributed by atoms with Crippen LogP contribution in [0.2, 0.25) is 0 Å². The zero-order chi connectivity index (χ0) is 11.0. The SMILES string of the molecule is Cc1ccc2cc(C(C)O)cc(C)c2n1. The van der Waals surface area contributed by atoms with Crippen molar-refractivity contribution in [3.05, 3.63) is 41.1 Å². The Balaban J connectivity index is 2.73. The molecule has 1 aromatic carbocycles. The Bertz CT molecular complexity index is 503. The second kappa shape index (κ2) is 3.63. The van der Waals surface area contributed by atoms with Crippen LogP contribution in [0.15, 0.2) is 24.3 Å². The third-order valence-corrected chi connectivity index (χ3v) is 2.63. The van der Waals surface area contributed by atoms with Gasteiger partial charge in [0.25, 0.3) is 0 Å². The van der Waals surface area contributed by atoms with Crippen LogP contribution in [0, 0.1) is 13.8 Å². The van der Waals surface area contributed by atoms with Crippen LogP contribution in [0.1, 0.15) is 29.8 Å². The molecule has 2 nitrogen and oxygen atoms in total. The van der Waals surface area contributed by atoms with E-state index in [1.165, 1.54) is 0 Å². The minimum absolute atomic E-state index is 0.422. The first-order valence-corrected chi connectivity index (χ1v) is 5.14. The lowest BCUT2D eigenvalue weighted by Crippen LogP contribution is -1.94. The second-order valence-corrected chi connectivity index (χ2v) is 4.04. The topological polar surface area (TPSA) is 33.1 Å². The van der Waals surface area contributed by atoms with E-state index in [1.54, 1.807) is 6.92 Å². The number of nitrogens with zero attached hydrogens (tertiary/aromatic N) is 1. The molecule has 0 bridgehead atoms. The Labute approximate surface area is 89.6 Å². The molecule has 2 rings (SSSR count). The molecule has 1 unspecified atom stereocenters. The average Bonchev–Trinajstić information content (AvgIpc) is 2.18. The van der Waals surface area contributed by atoms with Crippen molar-refractivity contribution in [2.24, 2.45) is 0 Å². The van der Waals surface area contributed by atoms with E-state index in [9.17, 15) is 5.11 Å². The van der Waals surface area contributed by atoms with Gasteiger partial charge in [-0.05, 0) is 44.0 Å². The Morgan fingerprint density at radius 2 is 1.93 bits per heavy atom. The van der Waals surface area contributed by atoms with Crippen LogP contribution in [-0.4, -0.2) is 10.1 Å². The van der Waals surface area contributed by atoms with Crippen LogP contribution in [0.5, 0.6) is 0 Å². The smallest absolute Gasteiger partial charge is 0.0762 e. The Kier molecular flexibility index (Phi) is 2.45. The lowest BCUT2D eigenvalue weighted by molar-refractivity contribution is 0.199. The summed E-state index contributed by atoms with van der Waals surface area (Å²) in [5, 5.41) is 10.6. The number of fused-ring (bicyclic) bond motifs is 1. The molecule has 1 heterocycles. The quantitative estimate of drug-likeness (QED) is 0.769. The summed E-state index contributed by atoms with van der Waals surface area (Å²) in [6.07, 6.45) is -0.422. The average molecular weight is 201 g/mol. The molecule has 0 aliphatic carbocycles. The minimum atomic E-state index is -0.422. The van der Waals surface area contributed by atoms with Crippen molar-refractivity contribution in [1.82, 2.24) is 4.98 Å². The number of hydrogen-bond acceptors (Lipinski definition) is 2. The summed E-state index contributed by atoms with van der Waals surface area (Å²) in [4.78, 5) is 4.49. The van der Waals surface area contributed by atoms with E-state index in [1.807, 2.05) is 32.0 Å². The fourth-order valence-electron chi connectivity index (χ4n) is 1.78. The van der Waals surface area contributed by atoms with Gasteiger partial charge in [0.05, 0.1) is 11.6 Å². The molecule has 0 saturated carbocycles. The molecule has 0 saturated heterocycles. The third-order valence-electron chi connectivity index (χ3n) is 2.63. The predicted molar refractivity (Wildman–Crippen MR) is 61.9 cm³/mol. The third kappa shape index (κ3) is 1.85. The Hall–Kier alpha value is -1.41. The minimum Gasteiger partial charge on any atom is -0.389 e. The van der Waals surface area contributed by atoms with E-state index < -0.39 is 6.10 Å². The maximum Gasteiger partial charge on any atom is 0.0762 e. The summed E-state index contributed by atoms with van der Waals surface area (Å²) < 4.78 is 0. The fourth-order valence-corrected chi connectivity index (χ4v) is 1.78. The number of hydrogen-bond donors (Lipinski definition) is 1. The fraction of sp³-hybridized carbons (Fsp3) is 0.308. The molecule has 0 spiro atoms. The highest BCUT2D eigenvalue weighted by atomic mass is 16.3. The number of rotatable bonds is 1. The maximum atomic E-state index is 9.54. The molecule has 2 heteroatoms. The summed E-state index contributed by atoms with van der Waals surface area (Å²) in [6.45, 7) is 5.80. The lowest BCUT2D eigenvalue weighted by atomic mass is 10.0. The van der Waals surface area contributed by atoms with Crippen molar-refractivity contribution in [2.75, 3.05) is 0 Å². The Morgan fingerprint density at radius 1 is 1.20 bits per heavy atom. The van der Waals surface area contributed by atoms with Crippen LogP contribution in [0.3, 0.4) is 0 Å². The first-order chi connectivity index (χ1) is 7.08. The summed E-state index contributed by atoms with van der Waals surface area (Å²) in [5.41, 5.74) is 4.12. The van der Waals surface area contributed by atoms with Gasteiger partial charge in [0.1, 0.15) is 0 Å². The van der Waals surface area contributed by atoms with Gasteiger partial charge in [-0.3, -0.25) is 4.98 Å². The molecular formula is C13H15NO. The van der Waals surface area contributed by atoms with Crippen molar-refractivity contribution < 1.29 is 5.11 Å². The zero-order valence-corrected chi connectivity index (χ0v) is 9.28. The highest BCUT2D eigenvalue weighted by molar-refractivity contribution is 5.82. The van der Waals surface area contributed by atoms with Gasteiger partial charge in [0.15, 0.2) is 0 Å². The van der Waals surface area contributed by atoms with Gasteiger partial charge in [-0.2, -0.15) is 0 Å². The molecule has 1 atom stereocenters. The monoisotopic (exact) mass is 201 g/mol. The summed E-state index contributed by atoms with van der Waals surface area (Å²) in [6, 6.07) is 8.04. The van der Waals surface area contributed by atoms with E-state index in [0.29, 0.717) is 0 Å². The number of aliphatic hydroxyl groups excluding tert-OH is 1. The standard InChI is InChI=1S/C13H15NO/c1-8-6-12(10(3)15)7-11-5-4-9(2)14-13(8)11/h4-7,10,15H,1-3H3. The van der Waals surface area contributed by atoms with Gasteiger partial charge in [0, 0.05) is 11.1 Å². The Morgan fingerprint density at radius 3 is 2.60 bits per heavy atom. The highest BCUT2D eigenvalue weighted by Crippen LogP contribution is 2.22. The highest BCUT2D eigenvalue weighted by Gasteiger charge is 2.06. The van der Waals surface area contributed by atoms with Gasteiger partial charge in [-0.1, -0.05) is 12.1 Å². The molecule has 0 aliphatic heterocycles. The first kappa shape index (κ1) is 10.1. The molecule has 1 aromatic heterocycles. The predicted octanol–water partition coefficient (Wildman–Crippen LogP) is 2.90. The molecular weight excluding hydrogens is 186 g/mol. The van der Waals surface area contributed by atoms with Gasteiger partial charge in [0.2, 0.25) is 0 Å². The zero-order valence-electron chi connectivity index (χ0n) is 9.28. The van der Waals surface area contributed by atoms with Crippen molar-refractivity contribution in [2.45, 2.75) is 26.9 Å². The van der Waals surface area contributed by atoms with Gasteiger partial charge < -0.3 is 5.11 Å².